The normalized spacial score (nSPS) is 16.4. The third-order valence-corrected chi connectivity index (χ3v) is 5.33. The van der Waals surface area contributed by atoms with Gasteiger partial charge in [0.2, 0.25) is 17.8 Å². The maximum Gasteiger partial charge on any atom is 0.230 e. The van der Waals surface area contributed by atoms with Crippen LogP contribution in [0.15, 0.2) is 34.9 Å². The Hall–Kier alpha value is -2.72. The van der Waals surface area contributed by atoms with E-state index in [1.165, 1.54) is 0 Å². The van der Waals surface area contributed by atoms with Crippen molar-refractivity contribution in [2.45, 2.75) is 32.4 Å². The molecule has 1 amide bonds. The number of carbonyl (C=O) groups excluding carboxylic acids is 1. The van der Waals surface area contributed by atoms with Crippen molar-refractivity contribution in [3.05, 3.63) is 40.5 Å². The lowest BCUT2D eigenvalue weighted by molar-refractivity contribution is -0.115. The van der Waals surface area contributed by atoms with Gasteiger partial charge in [0.05, 0.1) is 16.8 Å². The SMILES string of the molecule is CCC(=O)Nc1ccc(CNc2nc(N3CC[C@H](O)C3)nc3c(Br)cnn23)cc1. The highest BCUT2D eigenvalue weighted by Crippen LogP contribution is 2.24. The van der Waals surface area contributed by atoms with Gasteiger partial charge in [0.1, 0.15) is 0 Å². The summed E-state index contributed by atoms with van der Waals surface area (Å²) >= 11 is 3.48. The number of halogens is 1. The average Bonchev–Trinajstić information content (AvgIpc) is 3.33. The summed E-state index contributed by atoms with van der Waals surface area (Å²) in [6.45, 7) is 3.59. The van der Waals surface area contributed by atoms with Crippen LogP contribution in [0.1, 0.15) is 25.3 Å². The van der Waals surface area contributed by atoms with Gasteiger partial charge in [-0.3, -0.25) is 4.79 Å². The van der Waals surface area contributed by atoms with Gasteiger partial charge >= 0.3 is 0 Å². The summed E-state index contributed by atoms with van der Waals surface area (Å²) in [4.78, 5) is 22.7. The van der Waals surface area contributed by atoms with Gasteiger partial charge in [-0.15, -0.1) is 0 Å². The van der Waals surface area contributed by atoms with E-state index in [2.05, 4.69) is 41.6 Å². The molecule has 29 heavy (non-hydrogen) atoms. The van der Waals surface area contributed by atoms with Crippen molar-refractivity contribution in [2.75, 3.05) is 28.6 Å². The Bertz CT molecular complexity index is 1020. The van der Waals surface area contributed by atoms with Crippen LogP contribution in [0.4, 0.5) is 17.6 Å². The average molecular weight is 460 g/mol. The lowest BCUT2D eigenvalue weighted by Crippen LogP contribution is -2.24. The maximum absolute atomic E-state index is 11.5. The monoisotopic (exact) mass is 459 g/mol. The van der Waals surface area contributed by atoms with Crippen molar-refractivity contribution in [1.29, 1.82) is 0 Å². The zero-order valence-corrected chi connectivity index (χ0v) is 17.6. The molecule has 2 aromatic heterocycles. The van der Waals surface area contributed by atoms with Gasteiger partial charge in [-0.2, -0.15) is 19.6 Å². The Morgan fingerprint density at radius 3 is 2.79 bits per heavy atom. The molecule has 1 atom stereocenters. The first-order chi connectivity index (χ1) is 14.0. The second-order valence-electron chi connectivity index (χ2n) is 6.92. The molecule has 1 aliphatic rings. The Morgan fingerprint density at radius 1 is 1.31 bits per heavy atom. The summed E-state index contributed by atoms with van der Waals surface area (Å²) in [7, 11) is 0. The molecule has 1 fully saturated rings. The summed E-state index contributed by atoms with van der Waals surface area (Å²) in [5, 5.41) is 20.3. The molecule has 0 unspecified atom stereocenters. The lowest BCUT2D eigenvalue weighted by atomic mass is 10.2. The Balaban J connectivity index is 1.53. The molecule has 1 saturated heterocycles. The number of fused-ring (bicyclic) bond motifs is 1. The molecule has 0 bridgehead atoms. The fraction of sp³-hybridized carbons (Fsp3) is 0.368. The molecule has 4 rings (SSSR count). The summed E-state index contributed by atoms with van der Waals surface area (Å²) in [6.07, 6.45) is 2.48. The smallest absolute Gasteiger partial charge is 0.230 e. The van der Waals surface area contributed by atoms with E-state index in [1.54, 1.807) is 10.7 Å². The molecule has 1 aliphatic heterocycles. The standard InChI is InChI=1S/C19H22BrN7O2/c1-2-16(29)23-13-5-3-12(4-6-13)9-21-18-25-19(26-8-7-14(28)11-26)24-17-15(20)10-22-27(17)18/h3-6,10,14,28H,2,7-9,11H2,1H3,(H,23,29)(H,21,24,25)/t14-/m0/s1. The third-order valence-electron chi connectivity index (χ3n) is 4.77. The second-order valence-corrected chi connectivity index (χ2v) is 7.77. The molecule has 10 heteroatoms. The molecule has 3 heterocycles. The molecule has 9 nitrogen and oxygen atoms in total. The van der Waals surface area contributed by atoms with Crippen molar-refractivity contribution >= 4 is 45.1 Å². The van der Waals surface area contributed by atoms with Gasteiger partial charge in [0.15, 0.2) is 5.65 Å². The molecule has 3 N–H and O–H groups in total. The first-order valence-corrected chi connectivity index (χ1v) is 10.3. The third kappa shape index (κ3) is 4.33. The molecule has 3 aromatic rings. The number of anilines is 3. The van der Waals surface area contributed by atoms with Gasteiger partial charge in [-0.25, -0.2) is 0 Å². The number of β-amino-alcohol motifs (C(OH)–C–C–N with tert-alkyl or cyclic N) is 1. The van der Waals surface area contributed by atoms with E-state index in [9.17, 15) is 9.90 Å². The maximum atomic E-state index is 11.5. The van der Waals surface area contributed by atoms with Gasteiger partial charge in [0.25, 0.3) is 0 Å². The second kappa shape index (κ2) is 8.34. The fourth-order valence-electron chi connectivity index (χ4n) is 3.16. The van der Waals surface area contributed by atoms with Gasteiger partial charge < -0.3 is 20.6 Å². The van der Waals surface area contributed by atoms with E-state index in [1.807, 2.05) is 36.1 Å². The number of nitrogens with one attached hydrogen (secondary N) is 2. The molecule has 0 saturated carbocycles. The summed E-state index contributed by atoms with van der Waals surface area (Å²) in [5.41, 5.74) is 2.48. The molecule has 152 valence electrons. The van der Waals surface area contributed by atoms with E-state index in [4.69, 9.17) is 0 Å². The largest absolute Gasteiger partial charge is 0.391 e. The van der Waals surface area contributed by atoms with E-state index in [-0.39, 0.29) is 12.0 Å². The highest BCUT2D eigenvalue weighted by atomic mass is 79.9. The van der Waals surface area contributed by atoms with Crippen LogP contribution in [0.5, 0.6) is 0 Å². The number of aliphatic hydroxyl groups excluding tert-OH is 1. The minimum absolute atomic E-state index is 0.0110. The predicted molar refractivity (Wildman–Crippen MR) is 114 cm³/mol. The highest BCUT2D eigenvalue weighted by molar-refractivity contribution is 9.10. The van der Waals surface area contributed by atoms with Crippen LogP contribution in [-0.4, -0.2) is 49.8 Å². The summed E-state index contributed by atoms with van der Waals surface area (Å²) in [6, 6.07) is 7.66. The quantitative estimate of drug-likeness (QED) is 0.519. The minimum atomic E-state index is -0.355. The Kier molecular flexibility index (Phi) is 5.63. The first kappa shape index (κ1) is 19.6. The zero-order valence-electron chi connectivity index (χ0n) is 16.0. The van der Waals surface area contributed by atoms with Crippen molar-refractivity contribution in [2.24, 2.45) is 0 Å². The number of aliphatic hydroxyl groups is 1. The topological polar surface area (TPSA) is 108 Å². The summed E-state index contributed by atoms with van der Waals surface area (Å²) in [5.74, 6) is 1.12. The number of carbonyl (C=O) groups is 1. The molecule has 0 radical (unpaired) electrons. The van der Waals surface area contributed by atoms with Gasteiger partial charge in [-0.05, 0) is 40.0 Å². The zero-order chi connectivity index (χ0) is 20.4. The molecule has 1 aromatic carbocycles. The first-order valence-electron chi connectivity index (χ1n) is 9.50. The number of aromatic nitrogens is 4. The van der Waals surface area contributed by atoms with E-state index < -0.39 is 0 Å². The predicted octanol–water partition coefficient (Wildman–Crippen LogP) is 2.42. The van der Waals surface area contributed by atoms with Crippen LogP contribution in [-0.2, 0) is 11.3 Å². The fourth-order valence-corrected chi connectivity index (χ4v) is 3.50. The highest BCUT2D eigenvalue weighted by Gasteiger charge is 2.24. The van der Waals surface area contributed by atoms with Gasteiger partial charge in [0, 0.05) is 31.7 Å². The van der Waals surface area contributed by atoms with Gasteiger partial charge in [-0.1, -0.05) is 19.1 Å². The minimum Gasteiger partial charge on any atom is -0.391 e. The molecular weight excluding hydrogens is 438 g/mol. The number of hydrogen-bond donors (Lipinski definition) is 3. The number of nitrogens with zero attached hydrogens (tertiary/aromatic N) is 5. The molecule has 0 spiro atoms. The van der Waals surface area contributed by atoms with E-state index in [0.29, 0.717) is 50.0 Å². The lowest BCUT2D eigenvalue weighted by Gasteiger charge is -2.17. The molecule has 0 aliphatic carbocycles. The van der Waals surface area contributed by atoms with Crippen molar-refractivity contribution < 1.29 is 9.90 Å². The van der Waals surface area contributed by atoms with Crippen LogP contribution in [0.2, 0.25) is 0 Å². The number of amides is 1. The van der Waals surface area contributed by atoms with Crippen LogP contribution < -0.4 is 15.5 Å². The van der Waals surface area contributed by atoms with Crippen molar-refractivity contribution in [1.82, 2.24) is 19.6 Å². The summed E-state index contributed by atoms with van der Waals surface area (Å²) < 4.78 is 2.43. The van der Waals surface area contributed by atoms with Crippen LogP contribution in [0, 0.1) is 0 Å². The van der Waals surface area contributed by atoms with Crippen LogP contribution >= 0.6 is 15.9 Å². The van der Waals surface area contributed by atoms with Crippen LogP contribution in [0.25, 0.3) is 5.65 Å². The number of rotatable bonds is 6. The van der Waals surface area contributed by atoms with Crippen molar-refractivity contribution in [3.63, 3.8) is 0 Å². The van der Waals surface area contributed by atoms with Crippen LogP contribution in [0.3, 0.4) is 0 Å². The van der Waals surface area contributed by atoms with E-state index >= 15 is 0 Å². The Morgan fingerprint density at radius 2 is 2.10 bits per heavy atom. The molecular formula is C19H22BrN7O2. The number of benzene rings is 1. The van der Waals surface area contributed by atoms with Crippen molar-refractivity contribution in [3.8, 4) is 0 Å². The number of hydrogen-bond acceptors (Lipinski definition) is 7. The van der Waals surface area contributed by atoms with E-state index in [0.717, 1.165) is 15.7 Å². The Labute approximate surface area is 176 Å².